The molecular weight excluding hydrogens is 222 g/mol. The maximum atomic E-state index is 11.0. The van der Waals surface area contributed by atoms with E-state index >= 15 is 0 Å². The van der Waals surface area contributed by atoms with Crippen molar-refractivity contribution < 1.29 is 19.4 Å². The zero-order valence-corrected chi connectivity index (χ0v) is 9.94. The summed E-state index contributed by atoms with van der Waals surface area (Å²) in [6.45, 7) is 1.22. The van der Waals surface area contributed by atoms with Crippen LogP contribution in [0.1, 0.15) is 25.7 Å². The van der Waals surface area contributed by atoms with E-state index < -0.39 is 6.09 Å². The predicted octanol–water partition coefficient (Wildman–Crippen LogP) is 1.64. The highest BCUT2D eigenvalue weighted by atomic mass is 16.5. The van der Waals surface area contributed by atoms with Crippen LogP contribution in [-0.4, -0.2) is 42.3 Å². The van der Waals surface area contributed by atoms with E-state index in [1.165, 1.54) is 12.0 Å². The number of carbonyl (C=O) groups is 2. The number of allylic oxidation sites excluding steroid dienone is 1. The molecule has 1 saturated heterocycles. The Kier molecular flexibility index (Phi) is 3.09. The van der Waals surface area contributed by atoms with Crippen molar-refractivity contribution in [3.63, 3.8) is 0 Å². The molecule has 0 radical (unpaired) electrons. The van der Waals surface area contributed by atoms with Gasteiger partial charge in [-0.3, -0.25) is 0 Å². The standard InChI is InChI=1S/C12H17NO4/c1-17-10(14)6-9-7-12(8-9)2-4-13(5-3-12)11(15)16/h6H,2-5,7-8H2,1H3,(H,15,16). The van der Waals surface area contributed by atoms with Gasteiger partial charge in [-0.2, -0.15) is 0 Å². The second-order valence-electron chi connectivity index (χ2n) is 4.95. The first-order chi connectivity index (χ1) is 8.04. The van der Waals surface area contributed by atoms with Crippen LogP contribution >= 0.6 is 0 Å². The van der Waals surface area contributed by atoms with Gasteiger partial charge in [0.2, 0.25) is 0 Å². The molecule has 2 aliphatic rings. The Labute approximate surface area is 100 Å². The van der Waals surface area contributed by atoms with Crippen molar-refractivity contribution in [3.8, 4) is 0 Å². The van der Waals surface area contributed by atoms with Crippen LogP contribution in [0.4, 0.5) is 4.79 Å². The Morgan fingerprint density at radius 1 is 1.35 bits per heavy atom. The van der Waals surface area contributed by atoms with Crippen LogP contribution in [0.3, 0.4) is 0 Å². The van der Waals surface area contributed by atoms with Crippen LogP contribution < -0.4 is 0 Å². The van der Waals surface area contributed by atoms with Crippen LogP contribution in [0.2, 0.25) is 0 Å². The number of esters is 1. The van der Waals surface area contributed by atoms with Crippen molar-refractivity contribution in [3.05, 3.63) is 11.6 Å². The topological polar surface area (TPSA) is 66.8 Å². The van der Waals surface area contributed by atoms with Gasteiger partial charge in [-0.1, -0.05) is 5.57 Å². The first-order valence-electron chi connectivity index (χ1n) is 5.80. The Balaban J connectivity index is 1.85. The molecule has 94 valence electrons. The van der Waals surface area contributed by atoms with Crippen molar-refractivity contribution in [2.24, 2.45) is 5.41 Å². The average Bonchev–Trinajstić information content (AvgIpc) is 2.27. The lowest BCUT2D eigenvalue weighted by Gasteiger charge is -2.48. The van der Waals surface area contributed by atoms with E-state index in [-0.39, 0.29) is 11.4 Å². The normalized spacial score (nSPS) is 21.9. The molecule has 0 aromatic carbocycles. The van der Waals surface area contributed by atoms with Crippen molar-refractivity contribution in [1.29, 1.82) is 0 Å². The number of rotatable bonds is 1. The number of nitrogens with zero attached hydrogens (tertiary/aromatic N) is 1. The number of carboxylic acid groups (broad SMARTS) is 1. The molecule has 1 spiro atoms. The molecule has 0 bridgehead atoms. The Hall–Kier alpha value is -1.52. The maximum absolute atomic E-state index is 11.0. The average molecular weight is 239 g/mol. The Morgan fingerprint density at radius 3 is 2.41 bits per heavy atom. The summed E-state index contributed by atoms with van der Waals surface area (Å²) >= 11 is 0. The molecule has 1 aliphatic carbocycles. The van der Waals surface area contributed by atoms with Crippen LogP contribution in [0, 0.1) is 5.41 Å². The third-order valence-electron chi connectivity index (χ3n) is 3.82. The summed E-state index contributed by atoms with van der Waals surface area (Å²) < 4.78 is 4.58. The summed E-state index contributed by atoms with van der Waals surface area (Å²) in [6, 6.07) is 0. The monoisotopic (exact) mass is 239 g/mol. The number of ether oxygens (including phenoxy) is 1. The number of likely N-dealkylation sites (tertiary alicyclic amines) is 1. The van der Waals surface area contributed by atoms with Gasteiger partial charge in [0.1, 0.15) is 0 Å². The van der Waals surface area contributed by atoms with Gasteiger partial charge in [0, 0.05) is 19.2 Å². The van der Waals surface area contributed by atoms with E-state index in [0.29, 0.717) is 13.1 Å². The summed E-state index contributed by atoms with van der Waals surface area (Å²) in [4.78, 5) is 23.3. The molecule has 1 saturated carbocycles. The Morgan fingerprint density at radius 2 is 1.94 bits per heavy atom. The van der Waals surface area contributed by atoms with Crippen molar-refractivity contribution in [2.45, 2.75) is 25.7 Å². The SMILES string of the molecule is COC(=O)C=C1CC2(CCN(C(=O)O)CC2)C1. The van der Waals surface area contributed by atoms with Gasteiger partial charge in [-0.25, -0.2) is 9.59 Å². The molecule has 0 aromatic heterocycles. The van der Waals surface area contributed by atoms with Crippen LogP contribution in [0.25, 0.3) is 0 Å². The highest BCUT2D eigenvalue weighted by Crippen LogP contribution is 2.52. The van der Waals surface area contributed by atoms with Crippen molar-refractivity contribution in [1.82, 2.24) is 4.90 Å². The minimum absolute atomic E-state index is 0.242. The van der Waals surface area contributed by atoms with Crippen LogP contribution in [0.5, 0.6) is 0 Å². The van der Waals surface area contributed by atoms with Gasteiger partial charge < -0.3 is 14.7 Å². The minimum Gasteiger partial charge on any atom is -0.466 e. The molecule has 0 aromatic rings. The summed E-state index contributed by atoms with van der Waals surface area (Å²) in [5.41, 5.74) is 1.37. The largest absolute Gasteiger partial charge is 0.466 e. The molecule has 5 nitrogen and oxygen atoms in total. The van der Waals surface area contributed by atoms with E-state index in [0.717, 1.165) is 31.3 Å². The molecule has 2 rings (SSSR count). The molecule has 0 atom stereocenters. The minimum atomic E-state index is -0.829. The molecule has 1 aliphatic heterocycles. The summed E-state index contributed by atoms with van der Waals surface area (Å²) in [6.07, 6.45) is 4.36. The Bertz CT molecular complexity index is 357. The molecule has 17 heavy (non-hydrogen) atoms. The van der Waals surface area contributed by atoms with E-state index in [2.05, 4.69) is 4.74 Å². The number of amides is 1. The molecule has 2 fully saturated rings. The zero-order chi connectivity index (χ0) is 12.5. The molecule has 5 heteroatoms. The van der Waals surface area contributed by atoms with Gasteiger partial charge in [0.25, 0.3) is 0 Å². The quantitative estimate of drug-likeness (QED) is 0.558. The lowest BCUT2D eigenvalue weighted by atomic mass is 9.60. The van der Waals surface area contributed by atoms with Gasteiger partial charge in [-0.15, -0.1) is 0 Å². The predicted molar refractivity (Wildman–Crippen MR) is 60.6 cm³/mol. The molecule has 0 unspecified atom stereocenters. The first-order valence-corrected chi connectivity index (χ1v) is 5.80. The van der Waals surface area contributed by atoms with Gasteiger partial charge in [0.15, 0.2) is 0 Å². The van der Waals surface area contributed by atoms with Crippen molar-refractivity contribution >= 4 is 12.1 Å². The summed E-state index contributed by atoms with van der Waals surface area (Å²) in [7, 11) is 1.37. The fourth-order valence-corrected chi connectivity index (χ4v) is 2.77. The van der Waals surface area contributed by atoms with Crippen LogP contribution in [0.15, 0.2) is 11.6 Å². The number of hydrogen-bond donors (Lipinski definition) is 1. The third-order valence-corrected chi connectivity index (χ3v) is 3.82. The zero-order valence-electron chi connectivity index (χ0n) is 9.94. The number of hydrogen-bond acceptors (Lipinski definition) is 3. The second-order valence-corrected chi connectivity index (χ2v) is 4.95. The maximum Gasteiger partial charge on any atom is 0.407 e. The molecule has 1 heterocycles. The van der Waals surface area contributed by atoms with E-state index in [4.69, 9.17) is 5.11 Å². The van der Waals surface area contributed by atoms with E-state index in [1.54, 1.807) is 6.08 Å². The molecular formula is C12H17NO4. The van der Waals surface area contributed by atoms with E-state index in [1.807, 2.05) is 0 Å². The van der Waals surface area contributed by atoms with E-state index in [9.17, 15) is 9.59 Å². The smallest absolute Gasteiger partial charge is 0.407 e. The molecule has 1 N–H and O–H groups in total. The first kappa shape index (κ1) is 12.0. The third kappa shape index (κ3) is 2.43. The molecule has 1 amide bonds. The fourth-order valence-electron chi connectivity index (χ4n) is 2.77. The number of piperidine rings is 1. The number of methoxy groups -OCH3 is 1. The fraction of sp³-hybridized carbons (Fsp3) is 0.667. The van der Waals surface area contributed by atoms with Crippen LogP contribution in [-0.2, 0) is 9.53 Å². The van der Waals surface area contributed by atoms with Gasteiger partial charge in [0.05, 0.1) is 7.11 Å². The van der Waals surface area contributed by atoms with Gasteiger partial charge in [-0.05, 0) is 31.1 Å². The van der Waals surface area contributed by atoms with Gasteiger partial charge >= 0.3 is 12.1 Å². The number of carbonyl (C=O) groups excluding carboxylic acids is 1. The second kappa shape index (κ2) is 4.39. The van der Waals surface area contributed by atoms with Crippen molar-refractivity contribution in [2.75, 3.05) is 20.2 Å². The highest BCUT2D eigenvalue weighted by molar-refractivity contribution is 5.83. The summed E-state index contributed by atoms with van der Waals surface area (Å²) in [5.74, 6) is -0.294. The summed E-state index contributed by atoms with van der Waals surface area (Å²) in [5, 5.41) is 8.86. The lowest BCUT2D eigenvalue weighted by molar-refractivity contribution is -0.135. The highest BCUT2D eigenvalue weighted by Gasteiger charge is 2.43. The lowest BCUT2D eigenvalue weighted by Crippen LogP contribution is -2.46.